The number of benzene rings is 6. The normalized spacial score (nSPS) is 26.8. The summed E-state index contributed by atoms with van der Waals surface area (Å²) >= 11 is 0. The van der Waals surface area contributed by atoms with Crippen molar-refractivity contribution in [1.82, 2.24) is 0 Å². The van der Waals surface area contributed by atoms with Crippen molar-refractivity contribution in [2.24, 2.45) is 5.11 Å². The van der Waals surface area contributed by atoms with E-state index in [1.165, 1.54) is 79.9 Å². The summed E-state index contributed by atoms with van der Waals surface area (Å²) in [6, 6.07) is 44.9. The number of carbonyl (C=O) groups is 9. The summed E-state index contributed by atoms with van der Waals surface area (Å²) < 4.78 is 105. The molecule has 6 aromatic carbocycles. The van der Waals surface area contributed by atoms with Crippen molar-refractivity contribution in [1.29, 1.82) is 0 Å². The van der Waals surface area contributed by atoms with E-state index in [0.717, 1.165) is 20.8 Å². The third kappa shape index (κ3) is 18.4. The molecule has 4 saturated heterocycles. The van der Waals surface area contributed by atoms with Crippen LogP contribution in [0.2, 0.25) is 0 Å². The fourth-order valence-corrected chi connectivity index (χ4v) is 11.1. The van der Waals surface area contributed by atoms with E-state index in [4.69, 9.17) is 80.5 Å². The molecule has 0 aromatic heterocycles. The van der Waals surface area contributed by atoms with E-state index in [0.29, 0.717) is 0 Å². The van der Waals surface area contributed by atoms with E-state index in [1.807, 2.05) is 0 Å². The van der Waals surface area contributed by atoms with Crippen LogP contribution in [0.15, 0.2) is 187 Å². The molecule has 0 radical (unpaired) electrons. The highest BCUT2D eigenvalue weighted by Gasteiger charge is 2.59. The van der Waals surface area contributed by atoms with Crippen LogP contribution in [0.1, 0.15) is 82.9 Å². The Morgan fingerprint density at radius 2 is 0.657 bits per heavy atom. The first-order chi connectivity index (χ1) is 48.0. The number of ether oxygens (including phenoxy) is 17. The molecule has 0 N–H and O–H groups in total. The number of methoxy groups -OCH3 is 1. The average Bonchev–Trinajstić information content (AvgIpc) is 1.74. The van der Waals surface area contributed by atoms with Gasteiger partial charge >= 0.3 is 53.7 Å². The Bertz CT molecular complexity index is 3800. The Balaban J connectivity index is 1.06. The van der Waals surface area contributed by atoms with Crippen molar-refractivity contribution in [2.75, 3.05) is 33.5 Å². The van der Waals surface area contributed by atoms with E-state index in [1.54, 1.807) is 109 Å². The number of nitrogens with zero attached hydrogens (tertiary/aromatic N) is 3. The molecule has 0 bridgehead atoms. The fourth-order valence-electron chi connectivity index (χ4n) is 11.1. The van der Waals surface area contributed by atoms with Crippen molar-refractivity contribution >= 4 is 53.7 Å². The zero-order valence-corrected chi connectivity index (χ0v) is 53.4. The van der Waals surface area contributed by atoms with Gasteiger partial charge in [-0.3, -0.25) is 14.4 Å². The van der Waals surface area contributed by atoms with Crippen molar-refractivity contribution in [3.63, 3.8) is 0 Å². The van der Waals surface area contributed by atoms with Gasteiger partial charge in [0.05, 0.1) is 40.0 Å². The van der Waals surface area contributed by atoms with Crippen LogP contribution in [-0.2, 0) is 94.9 Å². The molecule has 518 valence electrons. The first-order valence-corrected chi connectivity index (χ1v) is 31.0. The van der Waals surface area contributed by atoms with E-state index in [-0.39, 0.29) is 33.4 Å². The molecule has 0 saturated carbocycles. The lowest BCUT2D eigenvalue weighted by atomic mass is 9.96. The zero-order valence-electron chi connectivity index (χ0n) is 53.4. The largest absolute Gasteiger partial charge is 0.463 e. The van der Waals surface area contributed by atoms with Crippen LogP contribution < -0.4 is 0 Å². The lowest BCUT2D eigenvalue weighted by Crippen LogP contribution is -2.62. The highest BCUT2D eigenvalue weighted by molar-refractivity contribution is 5.92. The Kier molecular flexibility index (Phi) is 24.6. The monoisotopic (exact) mass is 1370 g/mol. The van der Waals surface area contributed by atoms with Crippen LogP contribution in [0, 0.1) is 0 Å². The minimum absolute atomic E-state index is 0.00989. The summed E-state index contributed by atoms with van der Waals surface area (Å²) in [6.45, 7) is 0.415. The molecule has 29 nitrogen and oxygen atoms in total. The van der Waals surface area contributed by atoms with Gasteiger partial charge in [0, 0.05) is 32.8 Å². The topological polar surface area (TPSA) is 359 Å². The molecule has 4 aliphatic rings. The quantitative estimate of drug-likeness (QED) is 0.0164. The predicted octanol–water partition coefficient (Wildman–Crippen LogP) is 7.04. The lowest BCUT2D eigenvalue weighted by Gasteiger charge is -2.44. The molecular formula is C70H67N3O26. The summed E-state index contributed by atoms with van der Waals surface area (Å²) in [5.41, 5.74) is 10.6. The summed E-state index contributed by atoms with van der Waals surface area (Å²) in [7, 11) is 1.19. The number of esters is 9. The average molecular weight is 1370 g/mol. The van der Waals surface area contributed by atoms with Crippen LogP contribution >= 0.6 is 0 Å². The smallest absolute Gasteiger partial charge is 0.338 e. The summed E-state index contributed by atoms with van der Waals surface area (Å²) in [5, 5.41) is 3.88. The van der Waals surface area contributed by atoms with Crippen molar-refractivity contribution in [2.45, 2.75) is 125 Å². The second-order valence-corrected chi connectivity index (χ2v) is 22.5. The molecule has 17 atom stereocenters. The van der Waals surface area contributed by atoms with Gasteiger partial charge in [-0.1, -0.05) is 114 Å². The van der Waals surface area contributed by atoms with Crippen molar-refractivity contribution in [3.05, 3.63) is 226 Å². The number of hydrogen-bond acceptors (Lipinski definition) is 27. The first-order valence-electron chi connectivity index (χ1n) is 31.0. The standard InChI is InChI=1S/C70H67N3O26/c1-39(74)84-35-48-53(88-40(2)75)57(89-41(3)76)52(72-73-71)67(90-48)99-58-56(98-70-60(97-66(82)47-33-21-10-22-34-47)55(95-64(80)45-29-17-8-18-30-45)50(93-70)37-86-62(78)43-25-13-6-14-26-43)51(91-68(58)83-4)38-87-69-59(96-65(81)46-31-19-9-20-32-46)54(94-63(79)44-27-15-7-16-28-44)49(92-69)36-85-61(77)42-23-11-5-12-24-42/h5-34,48-60,67-70H,35-38H2,1-4H3/t48-,49-,50-,51-,52-,53+,54-,55-,56-,57-,58+,59+,60+,67-,68+,69+,70-/m1/s1. The molecule has 4 fully saturated rings. The van der Waals surface area contributed by atoms with Gasteiger partial charge < -0.3 is 80.5 Å². The SMILES string of the molecule is CO[C@H]1O[C@H](CO[C@H]2O[C@H](COC(=O)c3ccccc3)[C@@H](OC(=O)c3ccccc3)[C@@H]2OC(=O)c2ccccc2)[C@@H](O[C@H]2O[C@H](COC(=O)c3ccccc3)[C@@H](OC(=O)c3ccccc3)[C@@H]2OC(=O)c2ccccc2)[C@@H]1O[C@H]1O[C@H](COC(C)=O)[C@H](OC(C)=O)[C@H](OC(C)=O)[C@H]1N=[N+]=[N-]. The molecule has 10 rings (SSSR count). The molecule has 6 aromatic rings. The first kappa shape index (κ1) is 71.3. The van der Waals surface area contributed by atoms with Gasteiger partial charge in [-0.25, -0.2) is 28.8 Å². The highest BCUT2D eigenvalue weighted by atomic mass is 16.8. The third-order valence-electron chi connectivity index (χ3n) is 15.7. The Labute approximate surface area is 565 Å². The molecular weight excluding hydrogens is 1300 g/mol. The number of azide groups is 1. The van der Waals surface area contributed by atoms with E-state index < -0.39 is 185 Å². The van der Waals surface area contributed by atoms with Gasteiger partial charge in [0.1, 0.15) is 62.5 Å². The predicted molar refractivity (Wildman–Crippen MR) is 334 cm³/mol. The van der Waals surface area contributed by atoms with E-state index >= 15 is 0 Å². The minimum atomic E-state index is -1.94. The molecule has 0 aliphatic carbocycles. The van der Waals surface area contributed by atoms with Crippen LogP contribution in [0.3, 0.4) is 0 Å². The van der Waals surface area contributed by atoms with Gasteiger partial charge in [0.25, 0.3) is 0 Å². The second kappa shape index (κ2) is 34.2. The maximum Gasteiger partial charge on any atom is 0.338 e. The van der Waals surface area contributed by atoms with Gasteiger partial charge in [0.15, 0.2) is 61.8 Å². The van der Waals surface area contributed by atoms with Gasteiger partial charge in [0.2, 0.25) is 0 Å². The molecule has 0 amide bonds. The highest BCUT2D eigenvalue weighted by Crippen LogP contribution is 2.40. The molecule has 99 heavy (non-hydrogen) atoms. The Hall–Kier alpha value is -10.5. The van der Waals surface area contributed by atoms with Crippen LogP contribution in [0.25, 0.3) is 10.4 Å². The Morgan fingerprint density at radius 3 is 1.04 bits per heavy atom. The number of hydrogen-bond donors (Lipinski definition) is 0. The second-order valence-electron chi connectivity index (χ2n) is 22.5. The van der Waals surface area contributed by atoms with Gasteiger partial charge in [-0.05, 0) is 78.3 Å². The van der Waals surface area contributed by atoms with Crippen LogP contribution in [0.5, 0.6) is 0 Å². The zero-order chi connectivity index (χ0) is 70.0. The summed E-state index contributed by atoms with van der Waals surface area (Å²) in [4.78, 5) is 125. The Morgan fingerprint density at radius 1 is 0.343 bits per heavy atom. The maximum absolute atomic E-state index is 14.4. The fraction of sp³-hybridized carbons (Fsp3) is 0.357. The molecule has 29 heteroatoms. The van der Waals surface area contributed by atoms with E-state index in [2.05, 4.69) is 10.0 Å². The van der Waals surface area contributed by atoms with Crippen LogP contribution in [0.4, 0.5) is 0 Å². The number of rotatable bonds is 27. The third-order valence-corrected chi connectivity index (χ3v) is 15.7. The van der Waals surface area contributed by atoms with Gasteiger partial charge in [-0.15, -0.1) is 0 Å². The van der Waals surface area contributed by atoms with Crippen LogP contribution in [-0.4, -0.2) is 192 Å². The summed E-state index contributed by atoms with van der Waals surface area (Å²) in [5.74, 6) is -8.12. The minimum Gasteiger partial charge on any atom is -0.463 e. The molecule has 0 unspecified atom stereocenters. The van der Waals surface area contributed by atoms with Gasteiger partial charge in [-0.2, -0.15) is 0 Å². The van der Waals surface area contributed by atoms with Crippen molar-refractivity contribution in [3.8, 4) is 0 Å². The molecule has 4 aliphatic heterocycles. The van der Waals surface area contributed by atoms with Crippen molar-refractivity contribution < 1.29 is 124 Å². The summed E-state index contributed by atoms with van der Waals surface area (Å²) in [6.07, 6.45) is -27.1. The number of carbonyl (C=O) groups excluding carboxylic acids is 9. The molecule has 4 heterocycles. The maximum atomic E-state index is 14.4. The molecule has 0 spiro atoms. The van der Waals surface area contributed by atoms with E-state index in [9.17, 15) is 48.7 Å². The lowest BCUT2D eigenvalue weighted by molar-refractivity contribution is -0.307.